The largest absolute Gasteiger partial charge is 0.464 e. The van der Waals surface area contributed by atoms with Gasteiger partial charge in [0, 0.05) is 5.56 Å². The van der Waals surface area contributed by atoms with Gasteiger partial charge in [-0.2, -0.15) is 0 Å². The van der Waals surface area contributed by atoms with E-state index in [-0.39, 0.29) is 0 Å². The van der Waals surface area contributed by atoms with E-state index >= 15 is 0 Å². The molecule has 0 unspecified atom stereocenters. The normalized spacial score (nSPS) is 11.2. The fourth-order valence-corrected chi connectivity index (χ4v) is 2.60. The molecule has 0 amide bonds. The van der Waals surface area contributed by atoms with Gasteiger partial charge in [0.15, 0.2) is 0 Å². The van der Waals surface area contributed by atoms with Crippen molar-refractivity contribution in [3.05, 3.63) is 73.0 Å². The monoisotopic (exact) mass is 244 g/mol. The molecule has 0 aliphatic heterocycles. The maximum Gasteiger partial charge on any atom is 0.133 e. The van der Waals surface area contributed by atoms with Crippen LogP contribution in [0.2, 0.25) is 0 Å². The fraction of sp³-hybridized carbons (Fsp3) is 0. The van der Waals surface area contributed by atoms with Crippen molar-refractivity contribution in [2.75, 3.05) is 0 Å². The van der Waals surface area contributed by atoms with Gasteiger partial charge in [-0.15, -0.1) is 0 Å². The summed E-state index contributed by atoms with van der Waals surface area (Å²) in [7, 11) is 0. The Labute approximate surface area is 111 Å². The van der Waals surface area contributed by atoms with Gasteiger partial charge in [0.05, 0.1) is 6.26 Å². The second kappa shape index (κ2) is 3.99. The maximum atomic E-state index is 5.48. The molecule has 0 N–H and O–H groups in total. The molecule has 1 aromatic heterocycles. The number of hydrogen-bond acceptors (Lipinski definition) is 1. The predicted molar refractivity (Wildman–Crippen MR) is 79.2 cm³/mol. The zero-order chi connectivity index (χ0) is 12.7. The Hall–Kier alpha value is -2.54. The van der Waals surface area contributed by atoms with Crippen molar-refractivity contribution in [1.82, 2.24) is 0 Å². The molecule has 1 nitrogen and oxygen atoms in total. The molecule has 4 rings (SSSR count). The highest BCUT2D eigenvalue weighted by Gasteiger charge is 2.04. The lowest BCUT2D eigenvalue weighted by atomic mass is 9.99. The average molecular weight is 244 g/mol. The molecule has 0 spiro atoms. The van der Waals surface area contributed by atoms with E-state index in [4.69, 9.17) is 4.42 Å². The standard InChI is InChI=1S/C18H12O/c1-2-5-16-13(4-1)7-8-14-9-10-15(12-17(14)16)18-6-3-11-19-18/h1-12H. The van der Waals surface area contributed by atoms with Gasteiger partial charge in [0.2, 0.25) is 0 Å². The molecule has 0 aliphatic rings. The Morgan fingerprint density at radius 1 is 0.632 bits per heavy atom. The molecule has 0 saturated carbocycles. The van der Waals surface area contributed by atoms with E-state index in [2.05, 4.69) is 54.6 Å². The number of hydrogen-bond donors (Lipinski definition) is 0. The van der Waals surface area contributed by atoms with Crippen molar-refractivity contribution in [3.8, 4) is 11.3 Å². The summed E-state index contributed by atoms with van der Waals surface area (Å²) in [6.07, 6.45) is 1.71. The first kappa shape index (κ1) is 10.4. The van der Waals surface area contributed by atoms with Gasteiger partial charge in [-0.3, -0.25) is 0 Å². The van der Waals surface area contributed by atoms with Gasteiger partial charge in [-0.05, 0) is 39.7 Å². The van der Waals surface area contributed by atoms with Crippen molar-refractivity contribution in [3.63, 3.8) is 0 Å². The minimum absolute atomic E-state index is 0.912. The topological polar surface area (TPSA) is 13.1 Å². The van der Waals surface area contributed by atoms with Crippen LogP contribution in [0.5, 0.6) is 0 Å². The van der Waals surface area contributed by atoms with Crippen molar-refractivity contribution in [2.24, 2.45) is 0 Å². The average Bonchev–Trinajstić information content (AvgIpc) is 3.01. The minimum Gasteiger partial charge on any atom is -0.464 e. The molecular formula is C18H12O. The molecule has 0 bridgehead atoms. The number of rotatable bonds is 1. The molecule has 0 fully saturated rings. The maximum absolute atomic E-state index is 5.48. The first-order valence-electron chi connectivity index (χ1n) is 6.37. The van der Waals surface area contributed by atoms with E-state index in [1.54, 1.807) is 6.26 Å². The van der Waals surface area contributed by atoms with Crippen molar-refractivity contribution in [2.45, 2.75) is 0 Å². The summed E-state index contributed by atoms with van der Waals surface area (Å²) >= 11 is 0. The van der Waals surface area contributed by atoms with Gasteiger partial charge in [0.1, 0.15) is 5.76 Å². The molecule has 0 saturated heterocycles. The van der Waals surface area contributed by atoms with Crippen molar-refractivity contribution in [1.29, 1.82) is 0 Å². The SMILES string of the molecule is c1coc(-c2ccc3ccc4ccccc4c3c2)c1. The zero-order valence-electron chi connectivity index (χ0n) is 10.3. The van der Waals surface area contributed by atoms with E-state index < -0.39 is 0 Å². The van der Waals surface area contributed by atoms with E-state index in [9.17, 15) is 0 Å². The summed E-state index contributed by atoms with van der Waals surface area (Å²) in [6.45, 7) is 0. The molecular weight excluding hydrogens is 232 g/mol. The predicted octanol–water partition coefficient (Wildman–Crippen LogP) is 5.25. The highest BCUT2D eigenvalue weighted by Crippen LogP contribution is 2.29. The van der Waals surface area contributed by atoms with Crippen LogP contribution in [0, 0.1) is 0 Å². The summed E-state index contributed by atoms with van der Waals surface area (Å²) in [5.41, 5.74) is 1.12. The zero-order valence-corrected chi connectivity index (χ0v) is 10.3. The number of benzene rings is 3. The van der Waals surface area contributed by atoms with E-state index in [1.807, 2.05) is 12.1 Å². The molecule has 90 valence electrons. The molecule has 1 heteroatoms. The lowest BCUT2D eigenvalue weighted by Gasteiger charge is -2.05. The van der Waals surface area contributed by atoms with Crippen LogP contribution in [0.3, 0.4) is 0 Å². The molecule has 0 radical (unpaired) electrons. The van der Waals surface area contributed by atoms with Crippen LogP contribution in [0.4, 0.5) is 0 Å². The van der Waals surface area contributed by atoms with Crippen molar-refractivity contribution < 1.29 is 4.42 Å². The quantitative estimate of drug-likeness (QED) is 0.417. The summed E-state index contributed by atoms with van der Waals surface area (Å²) in [5, 5.41) is 5.08. The van der Waals surface area contributed by atoms with Gasteiger partial charge in [-0.25, -0.2) is 0 Å². The Bertz CT molecular complexity index is 857. The molecule has 19 heavy (non-hydrogen) atoms. The number of furan rings is 1. The third-order valence-corrected chi connectivity index (χ3v) is 3.55. The highest BCUT2D eigenvalue weighted by atomic mass is 16.3. The third kappa shape index (κ3) is 1.63. The lowest BCUT2D eigenvalue weighted by Crippen LogP contribution is -1.79. The first-order valence-corrected chi connectivity index (χ1v) is 6.37. The summed E-state index contributed by atoms with van der Waals surface area (Å²) in [5.74, 6) is 0.912. The highest BCUT2D eigenvalue weighted by molar-refractivity contribution is 6.08. The van der Waals surface area contributed by atoms with Crippen LogP contribution in [-0.4, -0.2) is 0 Å². The van der Waals surface area contributed by atoms with Crippen LogP contribution in [0.15, 0.2) is 77.4 Å². The summed E-state index contributed by atoms with van der Waals surface area (Å²) in [4.78, 5) is 0. The fourth-order valence-electron chi connectivity index (χ4n) is 2.60. The van der Waals surface area contributed by atoms with Crippen LogP contribution in [0.1, 0.15) is 0 Å². The van der Waals surface area contributed by atoms with Crippen LogP contribution >= 0.6 is 0 Å². The Morgan fingerprint density at radius 3 is 2.26 bits per heavy atom. The molecule has 4 aromatic rings. The van der Waals surface area contributed by atoms with E-state index in [0.29, 0.717) is 0 Å². The first-order chi connectivity index (χ1) is 9.42. The molecule has 3 aromatic carbocycles. The van der Waals surface area contributed by atoms with E-state index in [1.165, 1.54) is 21.5 Å². The van der Waals surface area contributed by atoms with Gasteiger partial charge >= 0.3 is 0 Å². The van der Waals surface area contributed by atoms with Crippen LogP contribution < -0.4 is 0 Å². The summed E-state index contributed by atoms with van der Waals surface area (Å²) in [6, 6.07) is 23.2. The number of fused-ring (bicyclic) bond motifs is 3. The smallest absolute Gasteiger partial charge is 0.133 e. The second-order valence-corrected chi connectivity index (χ2v) is 4.70. The van der Waals surface area contributed by atoms with Gasteiger partial charge < -0.3 is 4.42 Å². The Morgan fingerprint density at radius 2 is 1.42 bits per heavy atom. The molecule has 0 atom stereocenters. The lowest BCUT2D eigenvalue weighted by molar-refractivity contribution is 0.582. The summed E-state index contributed by atoms with van der Waals surface area (Å²) < 4.78 is 5.48. The Kier molecular flexibility index (Phi) is 2.18. The van der Waals surface area contributed by atoms with E-state index in [0.717, 1.165) is 11.3 Å². The third-order valence-electron chi connectivity index (χ3n) is 3.55. The van der Waals surface area contributed by atoms with Gasteiger partial charge in [0.25, 0.3) is 0 Å². The minimum atomic E-state index is 0.912. The van der Waals surface area contributed by atoms with Crippen LogP contribution in [0.25, 0.3) is 32.9 Å². The van der Waals surface area contributed by atoms with Crippen LogP contribution in [-0.2, 0) is 0 Å². The van der Waals surface area contributed by atoms with Gasteiger partial charge in [-0.1, -0.05) is 48.5 Å². The van der Waals surface area contributed by atoms with Crippen molar-refractivity contribution >= 4 is 21.5 Å². The molecule has 1 heterocycles. The molecule has 0 aliphatic carbocycles. The second-order valence-electron chi connectivity index (χ2n) is 4.70. The Balaban J connectivity index is 2.09.